The van der Waals surface area contributed by atoms with Crippen molar-refractivity contribution >= 4 is 11.8 Å². The molecular formula is C24H23F2N3O3. The van der Waals surface area contributed by atoms with Gasteiger partial charge in [-0.15, -0.1) is 0 Å². The van der Waals surface area contributed by atoms with Crippen LogP contribution in [0.5, 0.6) is 0 Å². The van der Waals surface area contributed by atoms with Crippen LogP contribution in [0.25, 0.3) is 11.3 Å². The number of aromatic nitrogens is 1. The Morgan fingerprint density at radius 1 is 1.16 bits per heavy atom. The first kappa shape index (κ1) is 21.7. The topological polar surface area (TPSA) is 75.4 Å². The minimum Gasteiger partial charge on any atom is -0.355 e. The highest BCUT2D eigenvalue weighted by atomic mass is 19.1. The zero-order chi connectivity index (χ0) is 22.8. The Bertz CT molecular complexity index is 1130. The van der Waals surface area contributed by atoms with Crippen molar-refractivity contribution in [3.05, 3.63) is 77.5 Å². The Morgan fingerprint density at radius 2 is 1.91 bits per heavy atom. The SMILES string of the molecule is CC(C)C[C@H]1C(=O)N[C@@H](c2cccc(F)c2)CN1C(=O)c1cc(-c2ccc(F)cc2)on1. The van der Waals surface area contributed by atoms with E-state index in [1.807, 2.05) is 13.8 Å². The first-order valence-electron chi connectivity index (χ1n) is 10.4. The number of carbonyl (C=O) groups is 2. The number of rotatable bonds is 5. The number of amides is 2. The maximum Gasteiger partial charge on any atom is 0.276 e. The molecule has 1 N–H and O–H groups in total. The molecule has 2 aromatic carbocycles. The standard InChI is InChI=1S/C24H23F2N3O3/c1-14(2)10-21-23(30)27-20(16-4-3-5-18(26)11-16)13-29(21)24(31)19-12-22(32-28-19)15-6-8-17(25)9-7-15/h3-9,11-12,14,20-21H,10,13H2,1-2H3,(H,27,30)/t20-,21+/m1/s1. The fraction of sp³-hybridized carbons (Fsp3) is 0.292. The van der Waals surface area contributed by atoms with Gasteiger partial charge in [0.1, 0.15) is 17.7 Å². The summed E-state index contributed by atoms with van der Waals surface area (Å²) in [4.78, 5) is 27.8. The molecule has 1 aromatic heterocycles. The number of piperazine rings is 1. The molecule has 2 amide bonds. The van der Waals surface area contributed by atoms with Gasteiger partial charge in [-0.1, -0.05) is 31.1 Å². The molecule has 3 aromatic rings. The van der Waals surface area contributed by atoms with Crippen molar-refractivity contribution in [3.63, 3.8) is 0 Å². The number of carbonyl (C=O) groups excluding carboxylic acids is 2. The number of nitrogens with zero attached hydrogens (tertiary/aromatic N) is 2. The van der Waals surface area contributed by atoms with E-state index in [4.69, 9.17) is 4.52 Å². The van der Waals surface area contributed by atoms with Gasteiger partial charge in [0.2, 0.25) is 5.91 Å². The van der Waals surface area contributed by atoms with Crippen molar-refractivity contribution in [1.29, 1.82) is 0 Å². The van der Waals surface area contributed by atoms with E-state index in [0.717, 1.165) is 0 Å². The smallest absolute Gasteiger partial charge is 0.276 e. The predicted molar refractivity (Wildman–Crippen MR) is 113 cm³/mol. The molecule has 0 radical (unpaired) electrons. The molecule has 2 heterocycles. The molecule has 2 atom stereocenters. The second-order valence-electron chi connectivity index (χ2n) is 8.30. The molecule has 1 aliphatic rings. The number of hydrogen-bond donors (Lipinski definition) is 1. The van der Waals surface area contributed by atoms with Crippen LogP contribution < -0.4 is 5.32 Å². The van der Waals surface area contributed by atoms with Crippen LogP contribution in [0, 0.1) is 17.6 Å². The van der Waals surface area contributed by atoms with E-state index in [-0.39, 0.29) is 29.9 Å². The van der Waals surface area contributed by atoms with Gasteiger partial charge >= 0.3 is 0 Å². The van der Waals surface area contributed by atoms with Crippen molar-refractivity contribution in [1.82, 2.24) is 15.4 Å². The van der Waals surface area contributed by atoms with E-state index >= 15 is 0 Å². The van der Waals surface area contributed by atoms with E-state index in [1.54, 1.807) is 12.1 Å². The highest BCUT2D eigenvalue weighted by Crippen LogP contribution is 2.27. The summed E-state index contributed by atoms with van der Waals surface area (Å²) >= 11 is 0. The molecule has 1 aliphatic heterocycles. The summed E-state index contributed by atoms with van der Waals surface area (Å²) in [5.74, 6) is -1.07. The third kappa shape index (κ3) is 4.54. The summed E-state index contributed by atoms with van der Waals surface area (Å²) in [6.45, 7) is 4.11. The van der Waals surface area contributed by atoms with Crippen LogP contribution in [0.4, 0.5) is 8.78 Å². The minimum atomic E-state index is -0.682. The molecule has 32 heavy (non-hydrogen) atoms. The summed E-state index contributed by atoms with van der Waals surface area (Å²) in [5.41, 5.74) is 1.20. The summed E-state index contributed by atoms with van der Waals surface area (Å²) in [7, 11) is 0. The zero-order valence-corrected chi connectivity index (χ0v) is 17.7. The van der Waals surface area contributed by atoms with E-state index < -0.39 is 23.8 Å². The van der Waals surface area contributed by atoms with E-state index in [1.165, 1.54) is 47.4 Å². The van der Waals surface area contributed by atoms with Crippen molar-refractivity contribution in [2.75, 3.05) is 6.54 Å². The number of nitrogens with one attached hydrogen (secondary N) is 1. The summed E-state index contributed by atoms with van der Waals surface area (Å²) < 4.78 is 32.2. The zero-order valence-electron chi connectivity index (χ0n) is 17.7. The Hall–Kier alpha value is -3.55. The average Bonchev–Trinajstić information content (AvgIpc) is 3.25. The molecule has 0 spiro atoms. The third-order valence-electron chi connectivity index (χ3n) is 5.44. The predicted octanol–water partition coefficient (Wildman–Crippen LogP) is 4.35. The molecule has 4 rings (SSSR count). The summed E-state index contributed by atoms with van der Waals surface area (Å²) in [5, 5.41) is 6.80. The van der Waals surface area contributed by atoms with Gasteiger partial charge in [0.05, 0.1) is 6.04 Å². The van der Waals surface area contributed by atoms with Crippen LogP contribution in [-0.2, 0) is 4.79 Å². The Kier molecular flexibility index (Phi) is 6.03. The first-order valence-corrected chi connectivity index (χ1v) is 10.4. The lowest BCUT2D eigenvalue weighted by molar-refractivity contribution is -0.130. The van der Waals surface area contributed by atoms with Crippen LogP contribution in [0.3, 0.4) is 0 Å². The molecule has 0 bridgehead atoms. The molecule has 8 heteroatoms. The second-order valence-corrected chi connectivity index (χ2v) is 8.30. The molecular weight excluding hydrogens is 416 g/mol. The lowest BCUT2D eigenvalue weighted by atomic mass is 9.95. The molecule has 0 saturated carbocycles. The van der Waals surface area contributed by atoms with E-state index in [9.17, 15) is 18.4 Å². The highest BCUT2D eigenvalue weighted by molar-refractivity contribution is 5.97. The van der Waals surface area contributed by atoms with Crippen molar-refractivity contribution < 1.29 is 22.9 Å². The lowest BCUT2D eigenvalue weighted by Gasteiger charge is -2.40. The normalized spacial score (nSPS) is 18.7. The highest BCUT2D eigenvalue weighted by Gasteiger charge is 2.39. The van der Waals surface area contributed by atoms with E-state index in [2.05, 4.69) is 10.5 Å². The van der Waals surface area contributed by atoms with Crippen LogP contribution in [0.1, 0.15) is 42.4 Å². The number of halogens is 2. The van der Waals surface area contributed by atoms with E-state index in [0.29, 0.717) is 23.3 Å². The number of benzene rings is 2. The summed E-state index contributed by atoms with van der Waals surface area (Å²) in [6, 6.07) is 11.8. The van der Waals surface area contributed by atoms with Gasteiger partial charge in [-0.25, -0.2) is 8.78 Å². The third-order valence-corrected chi connectivity index (χ3v) is 5.44. The fourth-order valence-electron chi connectivity index (χ4n) is 3.87. The molecule has 166 valence electrons. The van der Waals surface area contributed by atoms with Crippen LogP contribution >= 0.6 is 0 Å². The van der Waals surface area contributed by atoms with Crippen molar-refractivity contribution in [3.8, 4) is 11.3 Å². The largest absolute Gasteiger partial charge is 0.355 e. The quantitative estimate of drug-likeness (QED) is 0.642. The maximum absolute atomic E-state index is 13.7. The van der Waals surface area contributed by atoms with Gasteiger partial charge in [0.15, 0.2) is 11.5 Å². The van der Waals surface area contributed by atoms with Gasteiger partial charge < -0.3 is 14.7 Å². The summed E-state index contributed by atoms with van der Waals surface area (Å²) in [6.07, 6.45) is 0.468. The van der Waals surface area contributed by atoms with Crippen LogP contribution in [0.15, 0.2) is 59.1 Å². The molecule has 1 saturated heterocycles. The van der Waals surface area contributed by atoms with Gasteiger partial charge in [-0.05, 0) is 54.3 Å². The fourth-order valence-corrected chi connectivity index (χ4v) is 3.87. The van der Waals surface area contributed by atoms with Crippen molar-refractivity contribution in [2.45, 2.75) is 32.4 Å². The van der Waals surface area contributed by atoms with Gasteiger partial charge in [0.25, 0.3) is 5.91 Å². The van der Waals surface area contributed by atoms with Gasteiger partial charge in [0, 0.05) is 18.2 Å². The van der Waals surface area contributed by atoms with Crippen molar-refractivity contribution in [2.24, 2.45) is 5.92 Å². The Balaban J connectivity index is 1.63. The number of hydrogen-bond acceptors (Lipinski definition) is 4. The molecule has 6 nitrogen and oxygen atoms in total. The molecule has 0 unspecified atom stereocenters. The Labute approximate surface area is 184 Å². The van der Waals surface area contributed by atoms with Crippen LogP contribution in [0.2, 0.25) is 0 Å². The maximum atomic E-state index is 13.7. The molecule has 0 aliphatic carbocycles. The first-order chi connectivity index (χ1) is 15.3. The van der Waals surface area contributed by atoms with Gasteiger partial charge in [-0.3, -0.25) is 9.59 Å². The average molecular weight is 439 g/mol. The minimum absolute atomic E-state index is 0.0470. The second kappa shape index (κ2) is 8.90. The lowest BCUT2D eigenvalue weighted by Crippen LogP contribution is -2.58. The Morgan fingerprint density at radius 3 is 2.59 bits per heavy atom. The monoisotopic (exact) mass is 439 g/mol. The van der Waals surface area contributed by atoms with Gasteiger partial charge in [-0.2, -0.15) is 0 Å². The molecule has 1 fully saturated rings. The van der Waals surface area contributed by atoms with Crippen LogP contribution in [-0.4, -0.2) is 34.5 Å².